The molecule has 2 aromatic rings. The van der Waals surface area contributed by atoms with Crippen molar-refractivity contribution in [2.45, 2.75) is 6.54 Å². The highest BCUT2D eigenvalue weighted by molar-refractivity contribution is 5.95. The Bertz CT molecular complexity index is 632. The van der Waals surface area contributed by atoms with Crippen LogP contribution in [-0.4, -0.2) is 23.1 Å². The zero-order valence-corrected chi connectivity index (χ0v) is 10.9. The van der Waals surface area contributed by atoms with Gasteiger partial charge < -0.3 is 15.7 Å². The molecule has 5 nitrogen and oxygen atoms in total. The van der Waals surface area contributed by atoms with Crippen LogP contribution in [0.2, 0.25) is 0 Å². The standard InChI is InChI=1S/C14H14FN3O2/c1-18(8-9-4-2-3-5-17-9)13-6-10(14(19)20)12(16)7-11(13)15/h2-7H,8,16H2,1H3,(H,19,20). The van der Waals surface area contributed by atoms with Gasteiger partial charge in [-0.1, -0.05) is 6.07 Å². The number of benzene rings is 1. The number of rotatable bonds is 4. The van der Waals surface area contributed by atoms with Crippen molar-refractivity contribution in [1.82, 2.24) is 4.98 Å². The summed E-state index contributed by atoms with van der Waals surface area (Å²) in [7, 11) is 1.66. The first-order valence-electron chi connectivity index (χ1n) is 5.92. The molecule has 3 N–H and O–H groups in total. The number of nitrogen functional groups attached to an aromatic ring is 1. The molecule has 2 rings (SSSR count). The average molecular weight is 275 g/mol. The van der Waals surface area contributed by atoms with Gasteiger partial charge in [0.25, 0.3) is 0 Å². The summed E-state index contributed by atoms with van der Waals surface area (Å²) >= 11 is 0. The zero-order chi connectivity index (χ0) is 14.7. The normalized spacial score (nSPS) is 10.3. The summed E-state index contributed by atoms with van der Waals surface area (Å²) in [4.78, 5) is 16.8. The molecule has 0 radical (unpaired) electrons. The minimum atomic E-state index is -1.19. The Labute approximate surface area is 115 Å². The summed E-state index contributed by atoms with van der Waals surface area (Å²) in [5.74, 6) is -1.75. The quantitative estimate of drug-likeness (QED) is 0.836. The van der Waals surface area contributed by atoms with Crippen molar-refractivity contribution in [2.24, 2.45) is 0 Å². The second kappa shape index (κ2) is 5.56. The molecule has 104 valence electrons. The number of anilines is 2. The van der Waals surface area contributed by atoms with E-state index in [9.17, 15) is 9.18 Å². The van der Waals surface area contributed by atoms with Gasteiger partial charge in [-0.15, -0.1) is 0 Å². The van der Waals surface area contributed by atoms with Gasteiger partial charge in [-0.25, -0.2) is 9.18 Å². The minimum Gasteiger partial charge on any atom is -0.478 e. The van der Waals surface area contributed by atoms with Gasteiger partial charge in [-0.2, -0.15) is 0 Å². The van der Waals surface area contributed by atoms with Crippen LogP contribution in [0.4, 0.5) is 15.8 Å². The number of carboxylic acids is 1. The molecule has 1 heterocycles. The first-order chi connectivity index (χ1) is 9.49. The number of hydrogen-bond acceptors (Lipinski definition) is 4. The maximum Gasteiger partial charge on any atom is 0.337 e. The van der Waals surface area contributed by atoms with Gasteiger partial charge in [-0.3, -0.25) is 4.98 Å². The fraction of sp³-hybridized carbons (Fsp3) is 0.143. The van der Waals surface area contributed by atoms with Crippen molar-refractivity contribution >= 4 is 17.3 Å². The van der Waals surface area contributed by atoms with Gasteiger partial charge in [0.05, 0.1) is 23.5 Å². The van der Waals surface area contributed by atoms with Crippen molar-refractivity contribution in [3.63, 3.8) is 0 Å². The Balaban J connectivity index is 2.32. The Kier molecular flexibility index (Phi) is 3.84. The van der Waals surface area contributed by atoms with Crippen molar-refractivity contribution in [2.75, 3.05) is 17.7 Å². The summed E-state index contributed by atoms with van der Waals surface area (Å²) in [5, 5.41) is 9.02. The molecule has 0 unspecified atom stereocenters. The SMILES string of the molecule is CN(Cc1ccccn1)c1cc(C(=O)O)c(N)cc1F. The highest BCUT2D eigenvalue weighted by Gasteiger charge is 2.16. The fourth-order valence-electron chi connectivity index (χ4n) is 1.87. The maximum atomic E-state index is 13.9. The largest absolute Gasteiger partial charge is 0.478 e. The molecule has 0 aliphatic rings. The lowest BCUT2D eigenvalue weighted by Gasteiger charge is -2.20. The molecule has 0 atom stereocenters. The van der Waals surface area contributed by atoms with Gasteiger partial charge in [0.1, 0.15) is 5.82 Å². The van der Waals surface area contributed by atoms with Crippen molar-refractivity contribution in [3.8, 4) is 0 Å². The van der Waals surface area contributed by atoms with Gasteiger partial charge in [-0.05, 0) is 24.3 Å². The van der Waals surface area contributed by atoms with Crippen molar-refractivity contribution < 1.29 is 14.3 Å². The Morgan fingerprint density at radius 2 is 2.20 bits per heavy atom. The van der Waals surface area contributed by atoms with Gasteiger partial charge in [0, 0.05) is 18.9 Å². The molecule has 0 saturated carbocycles. The number of nitrogens with two attached hydrogens (primary N) is 1. The lowest BCUT2D eigenvalue weighted by Crippen LogP contribution is -2.19. The molecule has 0 aliphatic carbocycles. The van der Waals surface area contributed by atoms with E-state index in [0.717, 1.165) is 11.8 Å². The molecule has 0 spiro atoms. The molecule has 0 saturated heterocycles. The summed E-state index contributed by atoms with van der Waals surface area (Å²) in [5.41, 5.74) is 6.20. The molecular weight excluding hydrogens is 261 g/mol. The molecule has 20 heavy (non-hydrogen) atoms. The molecule has 1 aromatic heterocycles. The highest BCUT2D eigenvalue weighted by Crippen LogP contribution is 2.25. The van der Waals surface area contributed by atoms with Crippen LogP contribution >= 0.6 is 0 Å². The number of carbonyl (C=O) groups is 1. The van der Waals surface area contributed by atoms with E-state index in [-0.39, 0.29) is 16.9 Å². The van der Waals surface area contributed by atoms with Crippen LogP contribution in [-0.2, 0) is 6.54 Å². The number of aromatic nitrogens is 1. The third kappa shape index (κ3) is 2.85. The highest BCUT2D eigenvalue weighted by atomic mass is 19.1. The molecular formula is C14H14FN3O2. The summed E-state index contributed by atoms with van der Waals surface area (Å²) in [6.45, 7) is 0.362. The second-order valence-electron chi connectivity index (χ2n) is 4.37. The molecule has 0 fully saturated rings. The van der Waals surface area contributed by atoms with E-state index in [4.69, 9.17) is 10.8 Å². The molecule has 0 amide bonds. The second-order valence-corrected chi connectivity index (χ2v) is 4.37. The fourth-order valence-corrected chi connectivity index (χ4v) is 1.87. The predicted molar refractivity (Wildman–Crippen MR) is 74.1 cm³/mol. The Morgan fingerprint density at radius 1 is 1.45 bits per heavy atom. The van der Waals surface area contributed by atoms with E-state index in [1.807, 2.05) is 12.1 Å². The van der Waals surface area contributed by atoms with E-state index < -0.39 is 11.8 Å². The molecule has 0 aliphatic heterocycles. The summed E-state index contributed by atoms with van der Waals surface area (Å²) in [6, 6.07) is 7.68. The monoisotopic (exact) mass is 275 g/mol. The summed E-state index contributed by atoms with van der Waals surface area (Å²) < 4.78 is 13.9. The predicted octanol–water partition coefficient (Wildman–Crippen LogP) is 2.14. The zero-order valence-electron chi connectivity index (χ0n) is 10.9. The average Bonchev–Trinajstić information content (AvgIpc) is 2.39. The number of halogens is 1. The molecule has 1 aromatic carbocycles. The Hall–Kier alpha value is -2.63. The third-order valence-electron chi connectivity index (χ3n) is 2.89. The van der Waals surface area contributed by atoms with Gasteiger partial charge >= 0.3 is 5.97 Å². The lowest BCUT2D eigenvalue weighted by atomic mass is 10.1. The smallest absolute Gasteiger partial charge is 0.337 e. The van der Waals surface area contributed by atoms with Gasteiger partial charge in [0.15, 0.2) is 0 Å². The number of carboxylic acid groups (broad SMARTS) is 1. The van der Waals surface area contributed by atoms with E-state index in [1.165, 1.54) is 6.07 Å². The lowest BCUT2D eigenvalue weighted by molar-refractivity contribution is 0.0698. The number of nitrogens with zero attached hydrogens (tertiary/aromatic N) is 2. The van der Waals surface area contributed by atoms with Crippen LogP contribution in [0.5, 0.6) is 0 Å². The van der Waals surface area contributed by atoms with Crippen molar-refractivity contribution in [1.29, 1.82) is 0 Å². The van der Waals surface area contributed by atoms with Crippen LogP contribution < -0.4 is 10.6 Å². The van der Waals surface area contributed by atoms with Crippen LogP contribution in [0.1, 0.15) is 16.1 Å². The van der Waals surface area contributed by atoms with E-state index in [2.05, 4.69) is 4.98 Å². The molecule has 6 heteroatoms. The number of pyridine rings is 1. The van der Waals surface area contributed by atoms with Gasteiger partial charge in [0.2, 0.25) is 0 Å². The van der Waals surface area contributed by atoms with Crippen LogP contribution in [0.15, 0.2) is 36.5 Å². The number of hydrogen-bond donors (Lipinski definition) is 2. The van der Waals surface area contributed by atoms with Crippen LogP contribution in [0, 0.1) is 5.82 Å². The van der Waals surface area contributed by atoms with Crippen molar-refractivity contribution in [3.05, 3.63) is 53.6 Å². The van der Waals surface area contributed by atoms with Crippen LogP contribution in [0.3, 0.4) is 0 Å². The first kappa shape index (κ1) is 13.8. The van der Waals surface area contributed by atoms with E-state index in [1.54, 1.807) is 24.2 Å². The van der Waals surface area contributed by atoms with E-state index in [0.29, 0.717) is 6.54 Å². The number of aromatic carboxylic acids is 1. The molecule has 0 bridgehead atoms. The maximum absolute atomic E-state index is 13.9. The topological polar surface area (TPSA) is 79.5 Å². The summed E-state index contributed by atoms with van der Waals surface area (Å²) in [6.07, 6.45) is 1.64. The Morgan fingerprint density at radius 3 is 2.80 bits per heavy atom. The minimum absolute atomic E-state index is 0.0926. The van der Waals surface area contributed by atoms with E-state index >= 15 is 0 Å². The third-order valence-corrected chi connectivity index (χ3v) is 2.89. The first-order valence-corrected chi connectivity index (χ1v) is 5.92. The van der Waals surface area contributed by atoms with Crippen LogP contribution in [0.25, 0.3) is 0 Å².